The van der Waals surface area contributed by atoms with Gasteiger partial charge in [0.15, 0.2) is 0 Å². The van der Waals surface area contributed by atoms with Crippen LogP contribution in [-0.2, 0) is 6.42 Å². The van der Waals surface area contributed by atoms with Crippen LogP contribution >= 0.6 is 15.9 Å². The molecule has 0 amide bonds. The van der Waals surface area contributed by atoms with E-state index < -0.39 is 0 Å². The number of hydrogen-bond donors (Lipinski definition) is 1. The molecular weight excluding hydrogens is 307 g/mol. The topological polar surface area (TPSA) is 24.9 Å². The summed E-state index contributed by atoms with van der Waals surface area (Å²) in [5.74, 6) is -0.179. The van der Waals surface area contributed by atoms with Gasteiger partial charge in [0.2, 0.25) is 0 Å². The zero-order chi connectivity index (χ0) is 13.7. The minimum atomic E-state index is -0.179. The van der Waals surface area contributed by atoms with E-state index in [0.717, 1.165) is 16.7 Å². The van der Waals surface area contributed by atoms with Gasteiger partial charge in [-0.05, 0) is 48.9 Å². The molecular formula is C15H16BrFN2. The van der Waals surface area contributed by atoms with Crippen LogP contribution in [0.15, 0.2) is 47.1 Å². The number of rotatable bonds is 5. The Morgan fingerprint density at radius 2 is 2.16 bits per heavy atom. The SMILES string of the molecule is CCNC(Cc1cc(Br)ccc1F)c1ccccn1. The van der Waals surface area contributed by atoms with Crippen molar-refractivity contribution < 1.29 is 4.39 Å². The van der Waals surface area contributed by atoms with Crippen LogP contribution in [0, 0.1) is 5.82 Å². The zero-order valence-corrected chi connectivity index (χ0v) is 12.3. The molecule has 1 atom stereocenters. The van der Waals surface area contributed by atoms with Gasteiger partial charge in [-0.3, -0.25) is 4.98 Å². The van der Waals surface area contributed by atoms with Gasteiger partial charge in [-0.15, -0.1) is 0 Å². The average Bonchev–Trinajstić information content (AvgIpc) is 2.43. The molecule has 0 fully saturated rings. The van der Waals surface area contributed by atoms with Gasteiger partial charge in [-0.2, -0.15) is 0 Å². The molecule has 0 spiro atoms. The fourth-order valence-electron chi connectivity index (χ4n) is 2.03. The number of aromatic nitrogens is 1. The Kier molecular flexibility index (Phi) is 5.05. The van der Waals surface area contributed by atoms with E-state index >= 15 is 0 Å². The van der Waals surface area contributed by atoms with Crippen molar-refractivity contribution in [3.8, 4) is 0 Å². The Morgan fingerprint density at radius 1 is 1.32 bits per heavy atom. The highest BCUT2D eigenvalue weighted by molar-refractivity contribution is 9.10. The molecule has 1 unspecified atom stereocenters. The van der Waals surface area contributed by atoms with Crippen LogP contribution in [0.25, 0.3) is 0 Å². The van der Waals surface area contributed by atoms with E-state index in [-0.39, 0.29) is 11.9 Å². The molecule has 2 rings (SSSR count). The standard InChI is InChI=1S/C15H16BrFN2/c1-2-18-15(14-5-3-4-8-19-14)10-11-9-12(16)6-7-13(11)17/h3-9,15,18H,2,10H2,1H3. The van der Waals surface area contributed by atoms with E-state index in [0.29, 0.717) is 12.0 Å². The third-order valence-corrected chi connectivity index (χ3v) is 3.42. The van der Waals surface area contributed by atoms with Gasteiger partial charge >= 0.3 is 0 Å². The van der Waals surface area contributed by atoms with Gasteiger partial charge in [0.05, 0.1) is 11.7 Å². The second-order valence-electron chi connectivity index (χ2n) is 4.30. The maximum absolute atomic E-state index is 13.8. The number of likely N-dealkylation sites (N-methyl/N-ethyl adjacent to an activating group) is 1. The summed E-state index contributed by atoms with van der Waals surface area (Å²) < 4.78 is 14.7. The molecule has 0 aliphatic rings. The third kappa shape index (κ3) is 3.85. The van der Waals surface area contributed by atoms with Crippen LogP contribution in [0.3, 0.4) is 0 Å². The Balaban J connectivity index is 2.24. The molecule has 2 aromatic rings. The lowest BCUT2D eigenvalue weighted by molar-refractivity contribution is 0.518. The van der Waals surface area contributed by atoms with Crippen LogP contribution in [0.5, 0.6) is 0 Å². The molecule has 1 N–H and O–H groups in total. The Hall–Kier alpha value is -1.26. The molecule has 0 aliphatic heterocycles. The van der Waals surface area contributed by atoms with Gasteiger partial charge in [-0.25, -0.2) is 4.39 Å². The molecule has 0 aliphatic carbocycles. The van der Waals surface area contributed by atoms with E-state index in [1.807, 2.05) is 31.2 Å². The molecule has 19 heavy (non-hydrogen) atoms. The van der Waals surface area contributed by atoms with E-state index in [4.69, 9.17) is 0 Å². The lowest BCUT2D eigenvalue weighted by Gasteiger charge is -2.18. The fraction of sp³-hybridized carbons (Fsp3) is 0.267. The van der Waals surface area contributed by atoms with Crippen LogP contribution < -0.4 is 5.32 Å². The predicted octanol–water partition coefficient (Wildman–Crippen LogP) is 3.88. The largest absolute Gasteiger partial charge is 0.309 e. The van der Waals surface area contributed by atoms with Crippen LogP contribution in [0.2, 0.25) is 0 Å². The average molecular weight is 323 g/mol. The first-order valence-electron chi connectivity index (χ1n) is 6.29. The summed E-state index contributed by atoms with van der Waals surface area (Å²) in [6, 6.07) is 10.8. The van der Waals surface area contributed by atoms with E-state index in [1.165, 1.54) is 6.07 Å². The summed E-state index contributed by atoms with van der Waals surface area (Å²) in [7, 11) is 0. The van der Waals surface area contributed by atoms with Crippen molar-refractivity contribution in [2.24, 2.45) is 0 Å². The van der Waals surface area contributed by atoms with Gasteiger partial charge < -0.3 is 5.32 Å². The van der Waals surface area contributed by atoms with Gasteiger partial charge in [-0.1, -0.05) is 28.9 Å². The maximum atomic E-state index is 13.8. The van der Waals surface area contributed by atoms with Crippen molar-refractivity contribution in [1.29, 1.82) is 0 Å². The number of nitrogens with one attached hydrogen (secondary N) is 1. The lowest BCUT2D eigenvalue weighted by atomic mass is 10.0. The highest BCUT2D eigenvalue weighted by Crippen LogP contribution is 2.21. The first-order chi connectivity index (χ1) is 9.20. The summed E-state index contributed by atoms with van der Waals surface area (Å²) in [5.41, 5.74) is 1.62. The molecule has 2 nitrogen and oxygen atoms in total. The van der Waals surface area contributed by atoms with Crippen LogP contribution in [0.1, 0.15) is 24.2 Å². The summed E-state index contributed by atoms with van der Waals surface area (Å²) in [6.45, 7) is 2.85. The second kappa shape index (κ2) is 6.78. The van der Waals surface area contributed by atoms with Gasteiger partial charge in [0.25, 0.3) is 0 Å². The number of benzene rings is 1. The fourth-order valence-corrected chi connectivity index (χ4v) is 2.44. The van der Waals surface area contributed by atoms with Crippen molar-refractivity contribution >= 4 is 15.9 Å². The Bertz CT molecular complexity index is 531. The molecule has 1 heterocycles. The highest BCUT2D eigenvalue weighted by Gasteiger charge is 2.14. The molecule has 1 aromatic heterocycles. The monoisotopic (exact) mass is 322 g/mol. The van der Waals surface area contributed by atoms with Crippen molar-refractivity contribution in [1.82, 2.24) is 10.3 Å². The van der Waals surface area contributed by atoms with Crippen molar-refractivity contribution in [2.75, 3.05) is 6.54 Å². The number of hydrogen-bond acceptors (Lipinski definition) is 2. The molecule has 100 valence electrons. The van der Waals surface area contributed by atoms with E-state index in [1.54, 1.807) is 12.3 Å². The van der Waals surface area contributed by atoms with E-state index in [2.05, 4.69) is 26.2 Å². The van der Waals surface area contributed by atoms with Crippen LogP contribution in [0.4, 0.5) is 4.39 Å². The smallest absolute Gasteiger partial charge is 0.126 e. The summed E-state index contributed by atoms with van der Waals surface area (Å²) in [6.07, 6.45) is 2.34. The van der Waals surface area contributed by atoms with Crippen molar-refractivity contribution in [3.63, 3.8) is 0 Å². The van der Waals surface area contributed by atoms with Crippen LogP contribution in [-0.4, -0.2) is 11.5 Å². The maximum Gasteiger partial charge on any atom is 0.126 e. The molecule has 0 bridgehead atoms. The predicted molar refractivity (Wildman–Crippen MR) is 78.5 cm³/mol. The minimum Gasteiger partial charge on any atom is -0.309 e. The molecule has 0 radical (unpaired) electrons. The first-order valence-corrected chi connectivity index (χ1v) is 7.08. The van der Waals surface area contributed by atoms with Gasteiger partial charge in [0, 0.05) is 10.7 Å². The highest BCUT2D eigenvalue weighted by atomic mass is 79.9. The Morgan fingerprint density at radius 3 is 2.84 bits per heavy atom. The number of halogens is 2. The normalized spacial score (nSPS) is 12.4. The second-order valence-corrected chi connectivity index (χ2v) is 5.22. The molecule has 1 aromatic carbocycles. The Labute approximate surface area is 121 Å². The quantitative estimate of drug-likeness (QED) is 0.903. The van der Waals surface area contributed by atoms with Gasteiger partial charge in [0.1, 0.15) is 5.82 Å². The first kappa shape index (κ1) is 14.2. The molecule has 0 saturated heterocycles. The zero-order valence-electron chi connectivity index (χ0n) is 10.7. The summed E-state index contributed by atoms with van der Waals surface area (Å²) >= 11 is 3.38. The molecule has 0 saturated carbocycles. The number of nitrogens with zero attached hydrogens (tertiary/aromatic N) is 1. The lowest BCUT2D eigenvalue weighted by Crippen LogP contribution is -2.24. The molecule has 4 heteroatoms. The van der Waals surface area contributed by atoms with E-state index in [9.17, 15) is 4.39 Å². The van der Waals surface area contributed by atoms with Crippen molar-refractivity contribution in [3.05, 3.63) is 64.1 Å². The number of pyridine rings is 1. The third-order valence-electron chi connectivity index (χ3n) is 2.93. The minimum absolute atomic E-state index is 0.0231. The summed E-state index contributed by atoms with van der Waals surface area (Å²) in [4.78, 5) is 4.35. The summed E-state index contributed by atoms with van der Waals surface area (Å²) in [5, 5.41) is 3.35. The van der Waals surface area contributed by atoms with Crippen molar-refractivity contribution in [2.45, 2.75) is 19.4 Å².